The Morgan fingerprint density at radius 1 is 0.846 bits per heavy atom. The van der Waals surface area contributed by atoms with Gasteiger partial charge in [-0.15, -0.1) is 0 Å². The third-order valence-electron chi connectivity index (χ3n) is 7.54. The molecule has 3 aromatic rings. The SMILES string of the molecule is CN(C)c1ccccc1CC1CCC(CNC(=O)c2ccccc2N(C)S(=O)(=O)c2ccc(Cl)c(Cl)c2)CC1. The molecule has 1 saturated carbocycles. The molecule has 4 rings (SSSR count). The number of hydrogen-bond donors (Lipinski definition) is 1. The predicted octanol–water partition coefficient (Wildman–Crippen LogP) is 6.66. The quantitative estimate of drug-likeness (QED) is 0.304. The Balaban J connectivity index is 1.37. The van der Waals surface area contributed by atoms with Crippen molar-refractivity contribution in [2.75, 3.05) is 36.9 Å². The Labute approximate surface area is 242 Å². The maximum atomic E-state index is 13.3. The van der Waals surface area contributed by atoms with E-state index in [1.807, 2.05) is 0 Å². The van der Waals surface area contributed by atoms with Crippen molar-refractivity contribution in [1.29, 1.82) is 0 Å². The first kappa shape index (κ1) is 29.2. The van der Waals surface area contributed by atoms with E-state index in [2.05, 4.69) is 48.6 Å². The predicted molar refractivity (Wildman–Crippen MR) is 161 cm³/mol. The van der Waals surface area contributed by atoms with Gasteiger partial charge in [0.2, 0.25) is 0 Å². The number of carbonyl (C=O) groups is 1. The summed E-state index contributed by atoms with van der Waals surface area (Å²) in [7, 11) is 1.63. The van der Waals surface area contributed by atoms with Crippen molar-refractivity contribution in [1.82, 2.24) is 5.32 Å². The van der Waals surface area contributed by atoms with E-state index >= 15 is 0 Å². The van der Waals surface area contributed by atoms with E-state index in [1.165, 1.54) is 36.5 Å². The number of halogens is 2. The molecule has 9 heteroatoms. The van der Waals surface area contributed by atoms with Gasteiger partial charge < -0.3 is 10.2 Å². The molecule has 0 spiro atoms. The second kappa shape index (κ2) is 12.6. The maximum Gasteiger partial charge on any atom is 0.264 e. The first-order chi connectivity index (χ1) is 18.6. The summed E-state index contributed by atoms with van der Waals surface area (Å²) in [6.07, 6.45) is 5.44. The van der Waals surface area contributed by atoms with Crippen LogP contribution < -0.4 is 14.5 Å². The molecule has 39 heavy (non-hydrogen) atoms. The number of nitrogens with one attached hydrogen (secondary N) is 1. The monoisotopic (exact) mass is 587 g/mol. The molecule has 6 nitrogen and oxygen atoms in total. The van der Waals surface area contributed by atoms with Crippen LogP contribution in [0.15, 0.2) is 71.6 Å². The molecule has 0 radical (unpaired) electrons. The average molecular weight is 589 g/mol. The van der Waals surface area contributed by atoms with Crippen molar-refractivity contribution >= 4 is 50.5 Å². The van der Waals surface area contributed by atoms with Gasteiger partial charge in [-0.1, -0.05) is 53.5 Å². The summed E-state index contributed by atoms with van der Waals surface area (Å²) >= 11 is 12.0. The van der Waals surface area contributed by atoms with Crippen LogP contribution in [0.25, 0.3) is 0 Å². The summed E-state index contributed by atoms with van der Waals surface area (Å²) in [6, 6.07) is 19.4. The molecule has 1 aliphatic carbocycles. The lowest BCUT2D eigenvalue weighted by atomic mass is 9.79. The molecule has 0 bridgehead atoms. The van der Waals surface area contributed by atoms with Gasteiger partial charge in [0.05, 0.1) is 26.2 Å². The van der Waals surface area contributed by atoms with Crippen LogP contribution in [0.1, 0.15) is 41.6 Å². The standard InChI is InChI=1S/C30H35Cl2N3O3S/c1-34(2)28-10-6-4-8-23(28)18-21-12-14-22(15-13-21)20-33-30(36)25-9-5-7-11-29(25)35(3)39(37,38)24-16-17-26(31)27(32)19-24/h4-11,16-17,19,21-22H,12-15,18,20H2,1-3H3,(H,33,36). The summed E-state index contributed by atoms with van der Waals surface area (Å²) in [6.45, 7) is 0.567. The Bertz CT molecular complexity index is 1420. The third-order valence-corrected chi connectivity index (χ3v) is 10.0. The number of para-hydroxylation sites is 2. The van der Waals surface area contributed by atoms with Crippen molar-refractivity contribution in [2.24, 2.45) is 11.8 Å². The molecule has 1 aliphatic rings. The second-order valence-corrected chi connectivity index (χ2v) is 13.2. The van der Waals surface area contributed by atoms with E-state index < -0.39 is 10.0 Å². The van der Waals surface area contributed by atoms with Crippen LogP contribution >= 0.6 is 23.2 Å². The van der Waals surface area contributed by atoms with E-state index in [0.29, 0.717) is 29.6 Å². The number of rotatable bonds is 9. The Morgan fingerprint density at radius 2 is 1.46 bits per heavy atom. The molecule has 1 N–H and O–H groups in total. The summed E-state index contributed by atoms with van der Waals surface area (Å²) in [5.41, 5.74) is 3.26. The molecule has 0 aliphatic heterocycles. The van der Waals surface area contributed by atoms with Gasteiger partial charge in [-0.3, -0.25) is 9.10 Å². The number of benzene rings is 3. The van der Waals surface area contributed by atoms with Crippen LogP contribution in [0.5, 0.6) is 0 Å². The number of nitrogens with zero attached hydrogens (tertiary/aromatic N) is 2. The van der Waals surface area contributed by atoms with E-state index in [1.54, 1.807) is 24.3 Å². The smallest absolute Gasteiger partial charge is 0.264 e. The molecule has 3 aromatic carbocycles. The molecule has 0 aromatic heterocycles. The Hall–Kier alpha value is -2.74. The molecule has 0 heterocycles. The Kier molecular flexibility index (Phi) is 9.47. The maximum absolute atomic E-state index is 13.3. The van der Waals surface area contributed by atoms with Gasteiger partial charge in [-0.2, -0.15) is 0 Å². The fourth-order valence-corrected chi connectivity index (χ4v) is 6.87. The van der Waals surface area contributed by atoms with Gasteiger partial charge in [0.15, 0.2) is 0 Å². The van der Waals surface area contributed by atoms with Crippen LogP contribution in [-0.4, -0.2) is 42.0 Å². The number of sulfonamides is 1. The zero-order valence-electron chi connectivity index (χ0n) is 22.5. The highest BCUT2D eigenvalue weighted by molar-refractivity contribution is 7.92. The van der Waals surface area contributed by atoms with Crippen LogP contribution in [0.4, 0.5) is 11.4 Å². The molecule has 0 atom stereocenters. The molecule has 1 fully saturated rings. The van der Waals surface area contributed by atoms with E-state index in [-0.39, 0.29) is 20.8 Å². The zero-order valence-corrected chi connectivity index (χ0v) is 24.9. The van der Waals surface area contributed by atoms with Gasteiger partial charge in [-0.25, -0.2) is 8.42 Å². The normalized spacial score (nSPS) is 17.5. The molecule has 0 unspecified atom stereocenters. The van der Waals surface area contributed by atoms with Crippen molar-refractivity contribution < 1.29 is 13.2 Å². The number of amides is 1. The summed E-state index contributed by atoms with van der Waals surface area (Å²) < 4.78 is 27.7. The van der Waals surface area contributed by atoms with E-state index in [4.69, 9.17) is 23.2 Å². The van der Waals surface area contributed by atoms with Crippen LogP contribution in [-0.2, 0) is 16.4 Å². The largest absolute Gasteiger partial charge is 0.377 e. The third kappa shape index (κ3) is 6.89. The van der Waals surface area contributed by atoms with Gasteiger partial charge in [0, 0.05) is 33.4 Å². The highest BCUT2D eigenvalue weighted by Gasteiger charge is 2.27. The van der Waals surface area contributed by atoms with Crippen molar-refractivity contribution in [3.63, 3.8) is 0 Å². The highest BCUT2D eigenvalue weighted by atomic mass is 35.5. The van der Waals surface area contributed by atoms with Crippen LogP contribution in [0.2, 0.25) is 10.0 Å². The lowest BCUT2D eigenvalue weighted by molar-refractivity contribution is 0.0942. The van der Waals surface area contributed by atoms with Crippen molar-refractivity contribution in [3.8, 4) is 0 Å². The van der Waals surface area contributed by atoms with Gasteiger partial charge in [0.1, 0.15) is 0 Å². The average Bonchev–Trinajstić information content (AvgIpc) is 2.93. The van der Waals surface area contributed by atoms with E-state index in [0.717, 1.165) is 36.4 Å². The van der Waals surface area contributed by atoms with Crippen LogP contribution in [0.3, 0.4) is 0 Å². The van der Waals surface area contributed by atoms with Crippen LogP contribution in [0, 0.1) is 11.8 Å². The first-order valence-electron chi connectivity index (χ1n) is 13.1. The number of hydrogen-bond acceptors (Lipinski definition) is 4. The molecular weight excluding hydrogens is 553 g/mol. The van der Waals surface area contributed by atoms with Gasteiger partial charge >= 0.3 is 0 Å². The van der Waals surface area contributed by atoms with E-state index in [9.17, 15) is 13.2 Å². The lowest BCUT2D eigenvalue weighted by Crippen LogP contribution is -2.34. The van der Waals surface area contributed by atoms with Gasteiger partial charge in [-0.05, 0) is 85.9 Å². The summed E-state index contributed by atoms with van der Waals surface area (Å²) in [5.74, 6) is 0.752. The highest BCUT2D eigenvalue weighted by Crippen LogP contribution is 2.33. The summed E-state index contributed by atoms with van der Waals surface area (Å²) in [4.78, 5) is 15.4. The molecule has 1 amide bonds. The lowest BCUT2D eigenvalue weighted by Gasteiger charge is -2.30. The minimum absolute atomic E-state index is 0.000392. The van der Waals surface area contributed by atoms with Crippen molar-refractivity contribution in [2.45, 2.75) is 37.0 Å². The minimum Gasteiger partial charge on any atom is -0.377 e. The second-order valence-electron chi connectivity index (χ2n) is 10.4. The Morgan fingerprint density at radius 3 is 2.13 bits per heavy atom. The first-order valence-corrected chi connectivity index (χ1v) is 15.3. The topological polar surface area (TPSA) is 69.7 Å². The van der Waals surface area contributed by atoms with Gasteiger partial charge in [0.25, 0.3) is 15.9 Å². The summed E-state index contributed by atoms with van der Waals surface area (Å²) in [5, 5.41) is 3.47. The minimum atomic E-state index is -3.96. The van der Waals surface area contributed by atoms with Crippen molar-refractivity contribution in [3.05, 3.63) is 87.9 Å². The molecular formula is C30H35Cl2N3O3S. The fraction of sp³-hybridized carbons (Fsp3) is 0.367. The number of anilines is 2. The molecule has 208 valence electrons. The zero-order chi connectivity index (χ0) is 28.2. The number of carbonyl (C=O) groups excluding carboxylic acids is 1. The molecule has 0 saturated heterocycles. The fourth-order valence-electron chi connectivity index (χ4n) is 5.27.